The largest absolute Gasteiger partial charge is 0.465 e. The van der Waals surface area contributed by atoms with Crippen LogP contribution < -0.4 is 10.6 Å². The second kappa shape index (κ2) is 12.5. The Morgan fingerprint density at radius 3 is 2.19 bits per heavy atom. The molecule has 0 spiro atoms. The molecule has 2 aliphatic heterocycles. The first-order valence-electron chi connectivity index (χ1n) is 14.4. The van der Waals surface area contributed by atoms with Gasteiger partial charge in [0.2, 0.25) is 11.8 Å². The summed E-state index contributed by atoms with van der Waals surface area (Å²) in [6.07, 6.45) is -0.592. The average molecular weight is 592 g/mol. The van der Waals surface area contributed by atoms with Gasteiger partial charge in [0.05, 0.1) is 24.5 Å². The molecular formula is C32H41N5O6. The molecular weight excluding hydrogens is 550 g/mol. The molecule has 2 aliphatic rings. The molecule has 11 nitrogen and oxygen atoms in total. The fraction of sp³-hybridized carbons (Fsp3) is 0.469. The maximum Gasteiger partial charge on any atom is 0.405 e. The third-order valence-electron chi connectivity index (χ3n) is 7.74. The standard InChI is InChI=1S/C32H41N5O6/c1-30(2,3)37-28(40)32(18-22-12-8-6-9-13-22)21-36(17-16-25(32)35-37)26(38)24(20-43-19-23-14-10-7-11-15-23)33-27(39)31(4,5)34-29(41)42/h6-15,24,34H,16-21H2,1-5H3,(H,33,39)(H,41,42)/t24-,32?/m1/s1. The van der Waals surface area contributed by atoms with Crippen molar-refractivity contribution >= 4 is 29.5 Å². The van der Waals surface area contributed by atoms with Crippen molar-refractivity contribution in [3.8, 4) is 0 Å². The zero-order valence-electron chi connectivity index (χ0n) is 25.4. The van der Waals surface area contributed by atoms with E-state index >= 15 is 0 Å². The van der Waals surface area contributed by atoms with Crippen LogP contribution in [0.4, 0.5) is 4.79 Å². The van der Waals surface area contributed by atoms with E-state index in [4.69, 9.17) is 9.84 Å². The predicted molar refractivity (Wildman–Crippen MR) is 161 cm³/mol. The number of hydrazone groups is 1. The average Bonchev–Trinajstić information content (AvgIpc) is 3.24. The number of fused-ring (bicyclic) bond motifs is 1. The number of carbonyl (C=O) groups is 4. The number of piperidine rings is 1. The van der Waals surface area contributed by atoms with Crippen molar-refractivity contribution in [1.82, 2.24) is 20.5 Å². The summed E-state index contributed by atoms with van der Waals surface area (Å²) in [5.74, 6) is -1.25. The van der Waals surface area contributed by atoms with E-state index in [1.54, 1.807) is 4.90 Å². The van der Waals surface area contributed by atoms with Crippen LogP contribution in [0.5, 0.6) is 0 Å². The lowest BCUT2D eigenvalue weighted by molar-refractivity contribution is -0.146. The maximum atomic E-state index is 14.1. The molecule has 0 aliphatic carbocycles. The lowest BCUT2D eigenvalue weighted by atomic mass is 9.73. The normalized spacial score (nSPS) is 19.4. The highest BCUT2D eigenvalue weighted by atomic mass is 16.5. The van der Waals surface area contributed by atoms with Gasteiger partial charge in [-0.15, -0.1) is 0 Å². The van der Waals surface area contributed by atoms with E-state index in [9.17, 15) is 24.3 Å². The molecule has 3 N–H and O–H groups in total. The van der Waals surface area contributed by atoms with Gasteiger partial charge in [0, 0.05) is 19.5 Å². The SMILES string of the molecule is CC(C)(NC(=O)O)C(=O)N[C@H](COCc1ccccc1)C(=O)N1CCC2=NN(C(C)(C)C)C(=O)C2(Cc2ccccc2)C1. The first kappa shape index (κ1) is 31.7. The van der Waals surface area contributed by atoms with Gasteiger partial charge < -0.3 is 25.4 Å². The topological polar surface area (TPSA) is 141 Å². The van der Waals surface area contributed by atoms with Crippen LogP contribution in [0.1, 0.15) is 52.2 Å². The number of carboxylic acid groups (broad SMARTS) is 1. The zero-order chi connectivity index (χ0) is 31.4. The minimum Gasteiger partial charge on any atom is -0.465 e. The van der Waals surface area contributed by atoms with Gasteiger partial charge in [-0.1, -0.05) is 60.7 Å². The number of hydrogen-bond donors (Lipinski definition) is 3. The minimum absolute atomic E-state index is 0.0901. The van der Waals surface area contributed by atoms with E-state index in [0.29, 0.717) is 19.4 Å². The fourth-order valence-electron chi connectivity index (χ4n) is 5.43. The second-order valence-electron chi connectivity index (χ2n) is 12.7. The van der Waals surface area contributed by atoms with E-state index in [1.165, 1.54) is 18.9 Å². The number of nitrogens with one attached hydrogen (secondary N) is 2. The Balaban J connectivity index is 1.60. The van der Waals surface area contributed by atoms with Crippen LogP contribution in [0.3, 0.4) is 0 Å². The molecule has 1 unspecified atom stereocenters. The Kier molecular flexibility index (Phi) is 9.24. The van der Waals surface area contributed by atoms with Crippen molar-refractivity contribution in [2.24, 2.45) is 10.5 Å². The maximum absolute atomic E-state index is 14.1. The van der Waals surface area contributed by atoms with Gasteiger partial charge in [-0.25, -0.2) is 9.80 Å². The van der Waals surface area contributed by atoms with Gasteiger partial charge in [0.1, 0.15) is 17.0 Å². The van der Waals surface area contributed by atoms with E-state index in [0.717, 1.165) is 16.8 Å². The molecule has 4 amide bonds. The molecule has 4 rings (SSSR count). The number of ether oxygens (including phenoxy) is 1. The molecule has 0 radical (unpaired) electrons. The number of benzene rings is 2. The van der Waals surface area contributed by atoms with Crippen LogP contribution in [-0.2, 0) is 32.1 Å². The number of hydrogen-bond acceptors (Lipinski definition) is 6. The molecule has 1 fully saturated rings. The van der Waals surface area contributed by atoms with Crippen LogP contribution in [-0.4, -0.2) is 81.4 Å². The summed E-state index contributed by atoms with van der Waals surface area (Å²) >= 11 is 0. The molecule has 43 heavy (non-hydrogen) atoms. The van der Waals surface area contributed by atoms with Crippen molar-refractivity contribution in [2.45, 2.75) is 71.2 Å². The summed E-state index contributed by atoms with van der Waals surface area (Å²) in [5.41, 5.74) is -0.516. The fourth-order valence-corrected chi connectivity index (χ4v) is 5.43. The van der Waals surface area contributed by atoms with Gasteiger partial charge in [0.15, 0.2) is 0 Å². The lowest BCUT2D eigenvalue weighted by Crippen LogP contribution is -2.63. The smallest absolute Gasteiger partial charge is 0.405 e. The first-order valence-corrected chi connectivity index (χ1v) is 14.4. The Labute approximate surface area is 252 Å². The van der Waals surface area contributed by atoms with E-state index in [2.05, 4.69) is 10.6 Å². The summed E-state index contributed by atoms with van der Waals surface area (Å²) in [6.45, 7) is 9.07. The molecule has 230 valence electrons. The Bertz CT molecular complexity index is 1370. The molecule has 2 aromatic rings. The van der Waals surface area contributed by atoms with E-state index in [1.807, 2.05) is 81.4 Å². The van der Waals surface area contributed by atoms with Crippen LogP contribution in [0.25, 0.3) is 0 Å². The monoisotopic (exact) mass is 591 g/mol. The summed E-state index contributed by atoms with van der Waals surface area (Å²) in [5, 5.41) is 20.4. The number of amides is 4. The molecule has 0 bridgehead atoms. The number of likely N-dealkylation sites (tertiary alicyclic amines) is 1. The summed E-state index contributed by atoms with van der Waals surface area (Å²) in [6, 6.07) is 18.0. The molecule has 2 atom stereocenters. The van der Waals surface area contributed by atoms with Crippen LogP contribution >= 0.6 is 0 Å². The lowest BCUT2D eigenvalue weighted by Gasteiger charge is -2.41. The van der Waals surface area contributed by atoms with Gasteiger partial charge >= 0.3 is 6.09 Å². The van der Waals surface area contributed by atoms with Gasteiger partial charge in [-0.05, 0) is 52.2 Å². The number of rotatable bonds is 10. The number of nitrogens with zero attached hydrogens (tertiary/aromatic N) is 3. The van der Waals surface area contributed by atoms with Crippen LogP contribution in [0.2, 0.25) is 0 Å². The van der Waals surface area contributed by atoms with E-state index in [-0.39, 0.29) is 25.7 Å². The van der Waals surface area contributed by atoms with Crippen LogP contribution in [0.15, 0.2) is 65.8 Å². The molecule has 0 aromatic heterocycles. The number of carbonyl (C=O) groups excluding carboxylic acids is 3. The van der Waals surface area contributed by atoms with Crippen molar-refractivity contribution in [3.05, 3.63) is 71.8 Å². The quantitative estimate of drug-likeness (QED) is 0.388. The zero-order valence-corrected chi connectivity index (χ0v) is 25.4. The van der Waals surface area contributed by atoms with E-state index < -0.39 is 40.4 Å². The van der Waals surface area contributed by atoms with Gasteiger partial charge in [-0.3, -0.25) is 14.4 Å². The molecule has 2 heterocycles. The van der Waals surface area contributed by atoms with Crippen molar-refractivity contribution < 1.29 is 29.0 Å². The second-order valence-corrected chi connectivity index (χ2v) is 12.7. The molecule has 0 saturated carbocycles. The van der Waals surface area contributed by atoms with Gasteiger partial charge in [-0.2, -0.15) is 5.10 Å². The highest BCUT2D eigenvalue weighted by molar-refractivity contribution is 6.14. The summed E-state index contributed by atoms with van der Waals surface area (Å²) in [4.78, 5) is 54.3. The summed E-state index contributed by atoms with van der Waals surface area (Å²) < 4.78 is 5.88. The third kappa shape index (κ3) is 7.22. The van der Waals surface area contributed by atoms with Gasteiger partial charge in [0.25, 0.3) is 5.91 Å². The first-order chi connectivity index (χ1) is 20.2. The predicted octanol–water partition coefficient (Wildman–Crippen LogP) is 3.19. The van der Waals surface area contributed by atoms with Crippen molar-refractivity contribution in [1.29, 1.82) is 0 Å². The molecule has 11 heteroatoms. The third-order valence-corrected chi connectivity index (χ3v) is 7.74. The highest BCUT2D eigenvalue weighted by Gasteiger charge is 2.56. The Morgan fingerprint density at radius 2 is 1.60 bits per heavy atom. The Morgan fingerprint density at radius 1 is 1.00 bits per heavy atom. The van der Waals surface area contributed by atoms with Crippen molar-refractivity contribution in [2.75, 3.05) is 19.7 Å². The minimum atomic E-state index is -1.51. The van der Waals surface area contributed by atoms with Crippen LogP contribution in [0, 0.1) is 5.41 Å². The Hall–Kier alpha value is -4.25. The summed E-state index contributed by atoms with van der Waals surface area (Å²) in [7, 11) is 0. The molecule has 1 saturated heterocycles. The molecule has 2 aromatic carbocycles. The highest BCUT2D eigenvalue weighted by Crippen LogP contribution is 2.41. The van der Waals surface area contributed by atoms with Crippen molar-refractivity contribution in [3.63, 3.8) is 0 Å².